The number of Topliss-reactive ketones (excluding diaryl/α,β-unsaturated/α-hetero) is 1. The lowest BCUT2D eigenvalue weighted by Gasteiger charge is -2.09. The van der Waals surface area contributed by atoms with Crippen molar-refractivity contribution in [2.24, 2.45) is 0 Å². The molecule has 0 heterocycles. The maximum Gasteiger partial charge on any atom is 0.185 e. The molecule has 1 unspecified atom stereocenters. The van der Waals surface area contributed by atoms with Gasteiger partial charge >= 0.3 is 0 Å². The fourth-order valence-electron chi connectivity index (χ4n) is 1.57. The van der Waals surface area contributed by atoms with Gasteiger partial charge in [0, 0.05) is 9.13 Å². The normalized spacial score (nSPS) is 12.2. The van der Waals surface area contributed by atoms with Gasteiger partial charge in [-0.25, -0.2) is 4.39 Å². The van der Waals surface area contributed by atoms with Gasteiger partial charge in [0.2, 0.25) is 0 Å². The third-order valence-electron chi connectivity index (χ3n) is 2.50. The van der Waals surface area contributed by atoms with Crippen LogP contribution >= 0.6 is 34.2 Å². The van der Waals surface area contributed by atoms with Crippen LogP contribution in [0.3, 0.4) is 0 Å². The summed E-state index contributed by atoms with van der Waals surface area (Å²) in [6, 6.07) is 12.9. The topological polar surface area (TPSA) is 17.1 Å². The Balaban J connectivity index is 2.26. The molecule has 0 amide bonds. The first-order valence-electron chi connectivity index (χ1n) is 5.27. The van der Waals surface area contributed by atoms with Crippen molar-refractivity contribution in [3.63, 3.8) is 0 Å². The van der Waals surface area contributed by atoms with Crippen LogP contribution in [0.15, 0.2) is 48.5 Å². The Labute approximate surface area is 123 Å². The summed E-state index contributed by atoms with van der Waals surface area (Å²) in [5.74, 6) is -0.522. The summed E-state index contributed by atoms with van der Waals surface area (Å²) in [4.78, 5) is 12.2. The third-order valence-corrected chi connectivity index (χ3v) is 3.62. The molecule has 0 fully saturated rings. The second-order valence-corrected chi connectivity index (χ2v) is 5.47. The molecule has 0 radical (unpaired) electrons. The number of hydrogen-bond donors (Lipinski definition) is 0. The van der Waals surface area contributed by atoms with Crippen molar-refractivity contribution in [2.75, 3.05) is 0 Å². The second-order valence-electron chi connectivity index (χ2n) is 3.79. The van der Waals surface area contributed by atoms with Gasteiger partial charge in [-0.3, -0.25) is 4.79 Å². The SMILES string of the molecule is O=C(c1cccc(I)c1)C(Cl)c1ccc(F)cc1. The fraction of sp³-hybridized carbons (Fsp3) is 0.0714. The van der Waals surface area contributed by atoms with Gasteiger partial charge in [-0.15, -0.1) is 11.6 Å². The summed E-state index contributed by atoms with van der Waals surface area (Å²) in [6.45, 7) is 0. The van der Waals surface area contributed by atoms with Crippen molar-refractivity contribution in [3.8, 4) is 0 Å². The molecule has 2 aromatic carbocycles. The Morgan fingerprint density at radius 3 is 2.44 bits per heavy atom. The number of benzene rings is 2. The molecule has 2 rings (SSSR count). The zero-order valence-electron chi connectivity index (χ0n) is 9.24. The van der Waals surface area contributed by atoms with Crippen molar-refractivity contribution < 1.29 is 9.18 Å². The molecule has 0 aliphatic rings. The molecule has 0 spiro atoms. The number of ketones is 1. The van der Waals surface area contributed by atoms with Gasteiger partial charge < -0.3 is 0 Å². The molecule has 0 saturated carbocycles. The number of halogens is 3. The summed E-state index contributed by atoms with van der Waals surface area (Å²) in [5, 5.41) is -0.788. The lowest BCUT2D eigenvalue weighted by Crippen LogP contribution is -2.07. The molecule has 92 valence electrons. The van der Waals surface area contributed by atoms with Crippen molar-refractivity contribution in [1.82, 2.24) is 0 Å². The standard InChI is InChI=1S/C14H9ClFIO/c15-13(9-4-6-11(16)7-5-9)14(18)10-2-1-3-12(17)8-10/h1-8,13H. The molecule has 1 nitrogen and oxygen atoms in total. The number of alkyl halides is 1. The summed E-state index contributed by atoms with van der Waals surface area (Å²) in [7, 11) is 0. The second kappa shape index (κ2) is 5.80. The first-order valence-corrected chi connectivity index (χ1v) is 6.79. The van der Waals surface area contributed by atoms with Gasteiger partial charge in [-0.1, -0.05) is 24.3 Å². The highest BCUT2D eigenvalue weighted by Gasteiger charge is 2.19. The average Bonchev–Trinajstić information content (AvgIpc) is 2.38. The highest BCUT2D eigenvalue weighted by molar-refractivity contribution is 14.1. The minimum absolute atomic E-state index is 0.179. The van der Waals surface area contributed by atoms with E-state index in [1.807, 2.05) is 12.1 Å². The van der Waals surface area contributed by atoms with Crippen LogP contribution in [0.4, 0.5) is 4.39 Å². The molecule has 4 heteroatoms. The Morgan fingerprint density at radius 1 is 1.17 bits per heavy atom. The molecule has 18 heavy (non-hydrogen) atoms. The molecule has 1 atom stereocenters. The van der Waals surface area contributed by atoms with Crippen LogP contribution < -0.4 is 0 Å². The van der Waals surface area contributed by atoms with E-state index in [1.165, 1.54) is 24.3 Å². The Bertz CT molecular complexity index is 568. The highest BCUT2D eigenvalue weighted by atomic mass is 127. The van der Waals surface area contributed by atoms with E-state index < -0.39 is 5.38 Å². The van der Waals surface area contributed by atoms with Crippen molar-refractivity contribution in [1.29, 1.82) is 0 Å². The minimum atomic E-state index is -0.788. The van der Waals surface area contributed by atoms with E-state index in [9.17, 15) is 9.18 Å². The summed E-state index contributed by atoms with van der Waals surface area (Å²) in [5.41, 5.74) is 1.16. The monoisotopic (exact) mass is 374 g/mol. The minimum Gasteiger partial charge on any atom is -0.292 e. The van der Waals surface area contributed by atoms with E-state index in [2.05, 4.69) is 22.6 Å². The summed E-state index contributed by atoms with van der Waals surface area (Å²) < 4.78 is 13.8. The third kappa shape index (κ3) is 3.09. The Kier molecular flexibility index (Phi) is 4.35. The molecular formula is C14H9ClFIO. The van der Waals surface area contributed by atoms with Gasteiger partial charge in [0.25, 0.3) is 0 Å². The quantitative estimate of drug-likeness (QED) is 0.436. The predicted octanol–water partition coefficient (Wildman–Crippen LogP) is 4.59. The van der Waals surface area contributed by atoms with E-state index >= 15 is 0 Å². The highest BCUT2D eigenvalue weighted by Crippen LogP contribution is 2.25. The van der Waals surface area contributed by atoms with Crippen LogP contribution in [-0.2, 0) is 0 Å². The lowest BCUT2D eigenvalue weighted by molar-refractivity contribution is 0.0987. The van der Waals surface area contributed by atoms with E-state index in [0.717, 1.165) is 3.57 Å². The Morgan fingerprint density at radius 2 is 1.83 bits per heavy atom. The smallest absolute Gasteiger partial charge is 0.185 e. The molecule has 0 saturated heterocycles. The molecule has 0 aliphatic carbocycles. The van der Waals surface area contributed by atoms with Crippen molar-refractivity contribution in [2.45, 2.75) is 5.38 Å². The van der Waals surface area contributed by atoms with Gasteiger partial charge in [-0.2, -0.15) is 0 Å². The van der Waals surface area contributed by atoms with Gasteiger partial charge in [0.15, 0.2) is 5.78 Å². The van der Waals surface area contributed by atoms with Crippen LogP contribution in [0, 0.1) is 9.39 Å². The molecule has 0 aromatic heterocycles. The van der Waals surface area contributed by atoms with E-state index in [1.54, 1.807) is 12.1 Å². The summed E-state index contributed by atoms with van der Waals surface area (Å²) >= 11 is 8.26. The first kappa shape index (κ1) is 13.5. The molecule has 0 aliphatic heterocycles. The van der Waals surface area contributed by atoms with Crippen LogP contribution in [0.2, 0.25) is 0 Å². The molecular weight excluding hydrogens is 366 g/mol. The zero-order valence-corrected chi connectivity index (χ0v) is 12.2. The van der Waals surface area contributed by atoms with Crippen LogP contribution in [0.25, 0.3) is 0 Å². The average molecular weight is 375 g/mol. The molecule has 2 aromatic rings. The van der Waals surface area contributed by atoms with Crippen molar-refractivity contribution in [3.05, 3.63) is 69.0 Å². The number of hydrogen-bond acceptors (Lipinski definition) is 1. The van der Waals surface area contributed by atoms with E-state index in [4.69, 9.17) is 11.6 Å². The van der Waals surface area contributed by atoms with Crippen LogP contribution in [0.5, 0.6) is 0 Å². The molecule has 0 N–H and O–H groups in total. The van der Waals surface area contributed by atoms with E-state index in [-0.39, 0.29) is 11.6 Å². The van der Waals surface area contributed by atoms with Crippen LogP contribution in [0.1, 0.15) is 21.3 Å². The summed E-state index contributed by atoms with van der Waals surface area (Å²) in [6.07, 6.45) is 0. The van der Waals surface area contributed by atoms with Crippen molar-refractivity contribution >= 4 is 40.0 Å². The van der Waals surface area contributed by atoms with E-state index in [0.29, 0.717) is 11.1 Å². The van der Waals surface area contributed by atoms with Crippen LogP contribution in [-0.4, -0.2) is 5.78 Å². The lowest BCUT2D eigenvalue weighted by atomic mass is 10.0. The van der Waals surface area contributed by atoms with Gasteiger partial charge in [-0.05, 0) is 52.4 Å². The van der Waals surface area contributed by atoms with Gasteiger partial charge in [0.05, 0.1) is 0 Å². The maximum atomic E-state index is 12.8. The number of carbonyl (C=O) groups is 1. The predicted molar refractivity (Wildman–Crippen MR) is 78.5 cm³/mol. The largest absolute Gasteiger partial charge is 0.292 e. The maximum absolute atomic E-state index is 12.8. The number of carbonyl (C=O) groups excluding carboxylic acids is 1. The first-order chi connectivity index (χ1) is 8.58. The molecule has 0 bridgehead atoms. The van der Waals surface area contributed by atoms with Gasteiger partial charge in [0.1, 0.15) is 11.2 Å². The number of rotatable bonds is 3. The zero-order chi connectivity index (χ0) is 13.1. The fourth-order valence-corrected chi connectivity index (χ4v) is 2.39. The Hall–Kier alpha value is -0.940.